The van der Waals surface area contributed by atoms with E-state index >= 15 is 0 Å². The van der Waals surface area contributed by atoms with Crippen LogP contribution in [0.5, 0.6) is 0 Å². The molecule has 3 heterocycles. The summed E-state index contributed by atoms with van der Waals surface area (Å²) in [7, 11) is 0. The minimum Gasteiger partial charge on any atom is -0.311 e. The third kappa shape index (κ3) is 2.48. The van der Waals surface area contributed by atoms with Gasteiger partial charge in [0.05, 0.1) is 10.9 Å². The highest BCUT2D eigenvalue weighted by atomic mass is 35.5. The number of pyridine rings is 1. The summed E-state index contributed by atoms with van der Waals surface area (Å²) in [6.45, 7) is 2.79. The van der Waals surface area contributed by atoms with Gasteiger partial charge in [0.15, 0.2) is 5.65 Å². The molecule has 0 fully saturated rings. The molecule has 98 valence electrons. The van der Waals surface area contributed by atoms with Crippen molar-refractivity contribution in [1.82, 2.24) is 19.5 Å². The van der Waals surface area contributed by atoms with Gasteiger partial charge in [0.2, 0.25) is 0 Å². The maximum atomic E-state index is 5.98. The molecule has 3 aromatic rings. The minimum atomic E-state index is 0.396. The van der Waals surface area contributed by atoms with Crippen molar-refractivity contribution in [2.24, 2.45) is 0 Å². The van der Waals surface area contributed by atoms with Crippen LogP contribution in [0.3, 0.4) is 0 Å². The molecule has 0 amide bonds. The third-order valence-electron chi connectivity index (χ3n) is 2.96. The van der Waals surface area contributed by atoms with Crippen molar-refractivity contribution in [2.75, 3.05) is 0 Å². The molecule has 0 N–H and O–H groups in total. The lowest BCUT2D eigenvalue weighted by molar-refractivity contribution is 0.679. The number of alkyl halides is 1. The van der Waals surface area contributed by atoms with E-state index in [1.54, 1.807) is 11.3 Å². The number of imidazole rings is 1. The van der Waals surface area contributed by atoms with E-state index in [9.17, 15) is 0 Å². The Hall–Kier alpha value is -1.46. The molecule has 0 radical (unpaired) electrons. The van der Waals surface area contributed by atoms with E-state index in [1.807, 2.05) is 30.6 Å². The van der Waals surface area contributed by atoms with Crippen LogP contribution in [0.15, 0.2) is 23.7 Å². The Kier molecular flexibility index (Phi) is 3.48. The highest BCUT2D eigenvalue weighted by Gasteiger charge is 2.11. The maximum absolute atomic E-state index is 5.98. The molecule has 6 heteroatoms. The lowest BCUT2D eigenvalue weighted by Crippen LogP contribution is -2.06. The molecule has 3 aromatic heterocycles. The van der Waals surface area contributed by atoms with Crippen LogP contribution in [0, 0.1) is 6.92 Å². The van der Waals surface area contributed by atoms with Crippen LogP contribution in [0.2, 0.25) is 0 Å². The number of thiazole rings is 1. The van der Waals surface area contributed by atoms with Crippen LogP contribution in [0.25, 0.3) is 11.2 Å². The molecule has 0 aromatic carbocycles. The molecule has 0 saturated heterocycles. The van der Waals surface area contributed by atoms with E-state index < -0.39 is 0 Å². The summed E-state index contributed by atoms with van der Waals surface area (Å²) in [6.07, 6.45) is 2.71. The summed E-state index contributed by atoms with van der Waals surface area (Å²) in [6, 6.07) is 3.96. The SMILES string of the molecule is Cc1ccc2nc(CCl)n(CCc3nccs3)c2n1. The van der Waals surface area contributed by atoms with Crippen LogP contribution >= 0.6 is 22.9 Å². The van der Waals surface area contributed by atoms with Gasteiger partial charge in [-0.1, -0.05) is 0 Å². The molecule has 19 heavy (non-hydrogen) atoms. The highest BCUT2D eigenvalue weighted by Crippen LogP contribution is 2.17. The molecule has 0 aliphatic heterocycles. The van der Waals surface area contributed by atoms with Gasteiger partial charge in [0.25, 0.3) is 0 Å². The zero-order valence-corrected chi connectivity index (χ0v) is 12.1. The average molecular weight is 293 g/mol. The molecule has 0 saturated carbocycles. The Morgan fingerprint density at radius 3 is 2.95 bits per heavy atom. The highest BCUT2D eigenvalue weighted by molar-refractivity contribution is 7.09. The van der Waals surface area contributed by atoms with Gasteiger partial charge in [-0.3, -0.25) is 0 Å². The first-order valence-corrected chi connectivity index (χ1v) is 7.46. The summed E-state index contributed by atoms with van der Waals surface area (Å²) in [4.78, 5) is 13.4. The molecule has 0 bridgehead atoms. The molecule has 0 spiro atoms. The van der Waals surface area contributed by atoms with Crippen LogP contribution in [-0.2, 0) is 18.8 Å². The van der Waals surface area contributed by atoms with Gasteiger partial charge in [-0.25, -0.2) is 15.0 Å². The third-order valence-corrected chi connectivity index (χ3v) is 4.04. The van der Waals surface area contributed by atoms with Crippen LogP contribution in [0.4, 0.5) is 0 Å². The van der Waals surface area contributed by atoms with Gasteiger partial charge in [0, 0.05) is 30.2 Å². The van der Waals surface area contributed by atoms with Crippen molar-refractivity contribution in [1.29, 1.82) is 0 Å². The van der Waals surface area contributed by atoms with Gasteiger partial charge < -0.3 is 4.57 Å². The van der Waals surface area contributed by atoms with Gasteiger partial charge >= 0.3 is 0 Å². The van der Waals surface area contributed by atoms with E-state index in [0.717, 1.165) is 40.7 Å². The number of hydrogen-bond donors (Lipinski definition) is 0. The Balaban J connectivity index is 1.97. The fourth-order valence-electron chi connectivity index (χ4n) is 2.06. The van der Waals surface area contributed by atoms with E-state index in [1.165, 1.54) is 0 Å². The number of nitrogens with zero attached hydrogens (tertiary/aromatic N) is 4. The number of fused-ring (bicyclic) bond motifs is 1. The van der Waals surface area contributed by atoms with Crippen LogP contribution in [0.1, 0.15) is 16.5 Å². The lowest BCUT2D eigenvalue weighted by Gasteiger charge is -2.05. The fourth-order valence-corrected chi connectivity index (χ4v) is 2.88. The van der Waals surface area contributed by atoms with Crippen LogP contribution in [-0.4, -0.2) is 19.5 Å². The van der Waals surface area contributed by atoms with E-state index in [0.29, 0.717) is 5.88 Å². The van der Waals surface area contributed by atoms with Crippen molar-refractivity contribution < 1.29 is 0 Å². The standard InChI is InChI=1S/C13H13ClN4S/c1-9-2-3-10-13(16-9)18(11(8-14)17-10)6-4-12-15-5-7-19-12/h2-3,5,7H,4,6,8H2,1H3. The molecule has 0 atom stereocenters. The molecule has 0 unspecified atom stereocenters. The summed E-state index contributed by atoms with van der Waals surface area (Å²) >= 11 is 7.65. The summed E-state index contributed by atoms with van der Waals surface area (Å²) in [5.41, 5.74) is 2.80. The molecular weight excluding hydrogens is 280 g/mol. The van der Waals surface area contributed by atoms with Gasteiger partial charge in [-0.2, -0.15) is 0 Å². The Morgan fingerprint density at radius 1 is 1.32 bits per heavy atom. The maximum Gasteiger partial charge on any atom is 0.160 e. The number of aromatic nitrogens is 4. The molecule has 0 aliphatic rings. The summed E-state index contributed by atoms with van der Waals surface area (Å²) in [5.74, 6) is 1.26. The van der Waals surface area contributed by atoms with Crippen molar-refractivity contribution in [3.8, 4) is 0 Å². The Bertz CT molecular complexity index is 690. The molecule has 3 rings (SSSR count). The van der Waals surface area contributed by atoms with E-state index in [4.69, 9.17) is 11.6 Å². The van der Waals surface area contributed by atoms with Gasteiger partial charge in [-0.15, -0.1) is 22.9 Å². The number of hydrogen-bond acceptors (Lipinski definition) is 4. The first-order valence-electron chi connectivity index (χ1n) is 6.05. The molecule has 4 nitrogen and oxygen atoms in total. The monoisotopic (exact) mass is 292 g/mol. The van der Waals surface area contributed by atoms with Crippen molar-refractivity contribution >= 4 is 34.1 Å². The first kappa shape index (κ1) is 12.6. The number of aryl methyl sites for hydroxylation is 3. The van der Waals surface area contributed by atoms with Crippen molar-refractivity contribution in [3.05, 3.63) is 40.2 Å². The summed E-state index contributed by atoms with van der Waals surface area (Å²) in [5, 5.41) is 3.11. The predicted octanol–water partition coefficient (Wildman–Crippen LogP) is 3.18. The predicted molar refractivity (Wildman–Crippen MR) is 77.6 cm³/mol. The van der Waals surface area contributed by atoms with Crippen molar-refractivity contribution in [2.45, 2.75) is 25.8 Å². The van der Waals surface area contributed by atoms with Gasteiger partial charge in [-0.05, 0) is 19.1 Å². The largest absolute Gasteiger partial charge is 0.311 e. The lowest BCUT2D eigenvalue weighted by atomic mass is 10.3. The normalized spacial score (nSPS) is 11.3. The quantitative estimate of drug-likeness (QED) is 0.694. The zero-order chi connectivity index (χ0) is 13.2. The topological polar surface area (TPSA) is 43.6 Å². The Morgan fingerprint density at radius 2 is 2.21 bits per heavy atom. The van der Waals surface area contributed by atoms with E-state index in [-0.39, 0.29) is 0 Å². The number of halogens is 1. The second-order valence-electron chi connectivity index (χ2n) is 4.28. The molecular formula is C13H13ClN4S. The molecule has 0 aliphatic carbocycles. The average Bonchev–Trinajstić information content (AvgIpc) is 3.03. The van der Waals surface area contributed by atoms with E-state index in [2.05, 4.69) is 19.5 Å². The smallest absolute Gasteiger partial charge is 0.160 e. The first-order chi connectivity index (χ1) is 9.28. The van der Waals surface area contributed by atoms with Crippen molar-refractivity contribution in [3.63, 3.8) is 0 Å². The summed E-state index contributed by atoms with van der Waals surface area (Å²) < 4.78 is 2.09. The zero-order valence-electron chi connectivity index (χ0n) is 10.5. The minimum absolute atomic E-state index is 0.396. The second kappa shape index (κ2) is 5.27. The number of rotatable bonds is 4. The van der Waals surface area contributed by atoms with Gasteiger partial charge in [0.1, 0.15) is 11.3 Å². The Labute approximate surface area is 120 Å². The second-order valence-corrected chi connectivity index (χ2v) is 5.53. The fraction of sp³-hybridized carbons (Fsp3) is 0.308. The van der Waals surface area contributed by atoms with Crippen LogP contribution < -0.4 is 0 Å².